The summed E-state index contributed by atoms with van der Waals surface area (Å²) in [5.74, 6) is 0.792. The fourth-order valence-corrected chi connectivity index (χ4v) is 7.88. The van der Waals surface area contributed by atoms with E-state index in [1.54, 1.807) is 6.20 Å². The second-order valence-corrected chi connectivity index (χ2v) is 13.4. The quantitative estimate of drug-likeness (QED) is 0.269. The van der Waals surface area contributed by atoms with Crippen molar-refractivity contribution in [1.82, 2.24) is 30.0 Å². The van der Waals surface area contributed by atoms with Crippen LogP contribution in [0.2, 0.25) is 5.02 Å². The highest BCUT2D eigenvalue weighted by Gasteiger charge is 2.46. The van der Waals surface area contributed by atoms with Crippen molar-refractivity contribution in [2.24, 2.45) is 5.41 Å². The number of nitrogens with zero attached hydrogens (tertiary/aromatic N) is 7. The number of amides is 1. The second kappa shape index (κ2) is 11.6. The Morgan fingerprint density at radius 2 is 1.89 bits per heavy atom. The van der Waals surface area contributed by atoms with Crippen molar-refractivity contribution in [3.05, 3.63) is 53.5 Å². The standard InChI is InChI=1S/C34H40ClFN8O/c1-5-27(45)44-19-34(20-44)11-15-43(16-12-34)32-23-17-25(35)29(28-21(3)7-8-26-24(28)18-37-40-26)30(36)31(23)38-33(39-32)41(4)22-9-13-42(6-2)14-10-22/h5,7-8,17-18,22H,1,6,9-16,19-20H2,2-4H3,(H,37,40). The molecule has 11 heteroatoms. The van der Waals surface area contributed by atoms with Gasteiger partial charge in [0.1, 0.15) is 11.3 Å². The molecule has 1 N–H and O–H groups in total. The molecule has 45 heavy (non-hydrogen) atoms. The molecule has 3 saturated heterocycles. The fourth-order valence-electron chi connectivity index (χ4n) is 7.60. The molecule has 3 aliphatic heterocycles. The van der Waals surface area contributed by atoms with Crippen LogP contribution in [0.15, 0.2) is 37.1 Å². The Morgan fingerprint density at radius 1 is 1.16 bits per heavy atom. The average molecular weight is 631 g/mol. The number of fused-ring (bicyclic) bond motifs is 2. The number of likely N-dealkylation sites (tertiary alicyclic amines) is 2. The van der Waals surface area contributed by atoms with Crippen molar-refractivity contribution in [3.63, 3.8) is 0 Å². The minimum Gasteiger partial charge on any atom is -0.356 e. The number of anilines is 2. The third-order valence-corrected chi connectivity index (χ3v) is 10.8. The molecule has 1 amide bonds. The van der Waals surface area contributed by atoms with E-state index in [-0.39, 0.29) is 22.9 Å². The van der Waals surface area contributed by atoms with Crippen molar-refractivity contribution < 1.29 is 9.18 Å². The van der Waals surface area contributed by atoms with Gasteiger partial charge in [-0.15, -0.1) is 0 Å². The Morgan fingerprint density at radius 3 is 2.58 bits per heavy atom. The zero-order valence-electron chi connectivity index (χ0n) is 26.2. The molecule has 0 aliphatic carbocycles. The molecule has 3 aliphatic rings. The molecule has 3 fully saturated rings. The number of halogens is 2. The van der Waals surface area contributed by atoms with Crippen LogP contribution in [0.3, 0.4) is 0 Å². The van der Waals surface area contributed by atoms with Crippen LogP contribution in [0.1, 0.15) is 38.2 Å². The van der Waals surface area contributed by atoms with E-state index in [0.717, 1.165) is 93.5 Å². The van der Waals surface area contributed by atoms with Gasteiger partial charge >= 0.3 is 0 Å². The summed E-state index contributed by atoms with van der Waals surface area (Å²) in [6, 6.07) is 6.01. The number of aromatic amines is 1. The first kappa shape index (κ1) is 29.9. The molecule has 7 rings (SSSR count). The van der Waals surface area contributed by atoms with Crippen LogP contribution in [0.5, 0.6) is 0 Å². The Balaban J connectivity index is 1.30. The number of hydrogen-bond donors (Lipinski definition) is 1. The highest BCUT2D eigenvalue weighted by atomic mass is 35.5. The van der Waals surface area contributed by atoms with E-state index in [9.17, 15) is 4.79 Å². The van der Waals surface area contributed by atoms with Gasteiger partial charge in [0, 0.05) is 79.7 Å². The maximum Gasteiger partial charge on any atom is 0.245 e. The van der Waals surface area contributed by atoms with Crippen LogP contribution in [-0.4, -0.2) is 94.8 Å². The smallest absolute Gasteiger partial charge is 0.245 e. The molecule has 236 valence electrons. The van der Waals surface area contributed by atoms with E-state index >= 15 is 4.39 Å². The fraction of sp³-hybridized carbons (Fsp3) is 0.471. The Labute approximate surface area is 268 Å². The summed E-state index contributed by atoms with van der Waals surface area (Å²) >= 11 is 6.98. The molecule has 0 unspecified atom stereocenters. The molecule has 9 nitrogen and oxygen atoms in total. The summed E-state index contributed by atoms with van der Waals surface area (Å²) in [6.45, 7) is 13.9. The predicted octanol–water partition coefficient (Wildman–Crippen LogP) is 5.81. The lowest BCUT2D eigenvalue weighted by atomic mass is 9.72. The van der Waals surface area contributed by atoms with Crippen LogP contribution in [-0.2, 0) is 4.79 Å². The van der Waals surface area contributed by atoms with Gasteiger partial charge in [0.25, 0.3) is 0 Å². The summed E-state index contributed by atoms with van der Waals surface area (Å²) in [6.07, 6.45) is 6.97. The topological polar surface area (TPSA) is 84.5 Å². The van der Waals surface area contributed by atoms with E-state index in [1.165, 1.54) is 6.08 Å². The van der Waals surface area contributed by atoms with Crippen LogP contribution >= 0.6 is 11.6 Å². The third kappa shape index (κ3) is 5.12. The van der Waals surface area contributed by atoms with Crippen LogP contribution in [0, 0.1) is 18.2 Å². The molecule has 0 radical (unpaired) electrons. The number of aryl methyl sites for hydroxylation is 1. The molecule has 2 aromatic heterocycles. The Kier molecular flexibility index (Phi) is 7.68. The average Bonchev–Trinajstić information content (AvgIpc) is 3.53. The number of carbonyl (C=O) groups is 1. The highest BCUT2D eigenvalue weighted by molar-refractivity contribution is 6.35. The lowest BCUT2D eigenvalue weighted by Gasteiger charge is -2.54. The summed E-state index contributed by atoms with van der Waals surface area (Å²) in [5, 5.41) is 8.96. The van der Waals surface area contributed by atoms with Gasteiger partial charge in [-0.05, 0) is 62.9 Å². The van der Waals surface area contributed by atoms with Gasteiger partial charge in [0.05, 0.1) is 16.7 Å². The van der Waals surface area contributed by atoms with E-state index < -0.39 is 5.82 Å². The summed E-state index contributed by atoms with van der Waals surface area (Å²) in [5.41, 5.74) is 3.17. The van der Waals surface area contributed by atoms with Crippen LogP contribution in [0.4, 0.5) is 16.2 Å². The van der Waals surface area contributed by atoms with Gasteiger partial charge < -0.3 is 19.6 Å². The zero-order chi connectivity index (χ0) is 31.5. The van der Waals surface area contributed by atoms with Gasteiger partial charge in [-0.1, -0.05) is 31.2 Å². The molecule has 0 atom stereocenters. The SMILES string of the molecule is C=CC(=O)N1CC2(CCN(c3nc(N(C)C4CCN(CC)CC4)nc4c(F)c(-c5c(C)ccc6[nH]ncc56)c(Cl)cc34)CC2)C1. The van der Waals surface area contributed by atoms with Crippen molar-refractivity contribution in [3.8, 4) is 11.1 Å². The number of benzene rings is 2. The second-order valence-electron chi connectivity index (χ2n) is 13.0. The summed E-state index contributed by atoms with van der Waals surface area (Å²) in [7, 11) is 2.03. The maximum absolute atomic E-state index is 17.0. The van der Waals surface area contributed by atoms with Gasteiger partial charge in [0.15, 0.2) is 5.82 Å². The van der Waals surface area contributed by atoms with E-state index in [1.807, 2.05) is 37.1 Å². The molecule has 4 aromatic rings. The maximum atomic E-state index is 17.0. The number of hydrogen-bond acceptors (Lipinski definition) is 7. The monoisotopic (exact) mass is 630 g/mol. The minimum absolute atomic E-state index is 0.00966. The van der Waals surface area contributed by atoms with Crippen molar-refractivity contribution >= 4 is 51.1 Å². The number of H-pyrrole nitrogens is 1. The first-order valence-corrected chi connectivity index (χ1v) is 16.3. The van der Waals surface area contributed by atoms with E-state index in [4.69, 9.17) is 21.6 Å². The Hall–Kier alpha value is -3.76. The van der Waals surface area contributed by atoms with Gasteiger partial charge in [-0.3, -0.25) is 9.89 Å². The molecular weight excluding hydrogens is 591 g/mol. The van der Waals surface area contributed by atoms with Crippen LogP contribution < -0.4 is 9.80 Å². The first-order chi connectivity index (χ1) is 21.7. The first-order valence-electron chi connectivity index (χ1n) is 16.0. The predicted molar refractivity (Wildman–Crippen MR) is 179 cm³/mol. The molecule has 2 aromatic carbocycles. The molecule has 0 saturated carbocycles. The summed E-state index contributed by atoms with van der Waals surface area (Å²) in [4.78, 5) is 30.9. The van der Waals surface area contributed by atoms with Crippen LogP contribution in [0.25, 0.3) is 32.9 Å². The van der Waals surface area contributed by atoms with Crippen molar-refractivity contribution in [2.75, 3.05) is 62.7 Å². The lowest BCUT2D eigenvalue weighted by molar-refractivity contribution is -0.139. The van der Waals surface area contributed by atoms with Crippen molar-refractivity contribution in [1.29, 1.82) is 0 Å². The minimum atomic E-state index is -0.445. The molecule has 0 bridgehead atoms. The normalized spacial score (nSPS) is 19.0. The van der Waals surface area contributed by atoms with E-state index in [2.05, 4.69) is 38.4 Å². The largest absolute Gasteiger partial charge is 0.356 e. The molecule has 1 spiro atoms. The van der Waals surface area contributed by atoms with Gasteiger partial charge in [-0.25, -0.2) is 9.37 Å². The van der Waals surface area contributed by atoms with Crippen molar-refractivity contribution in [2.45, 2.75) is 45.6 Å². The lowest BCUT2D eigenvalue weighted by Crippen LogP contribution is -2.61. The molecular formula is C34H40ClFN8O. The highest BCUT2D eigenvalue weighted by Crippen LogP contribution is 2.45. The van der Waals surface area contributed by atoms with Gasteiger partial charge in [0.2, 0.25) is 11.9 Å². The number of carbonyl (C=O) groups excluding carboxylic acids is 1. The third-order valence-electron chi connectivity index (χ3n) is 10.5. The summed E-state index contributed by atoms with van der Waals surface area (Å²) < 4.78 is 17.0. The number of nitrogens with one attached hydrogen (secondary N) is 1. The molecule has 5 heterocycles. The number of piperidine rings is 2. The van der Waals surface area contributed by atoms with Gasteiger partial charge in [-0.2, -0.15) is 10.1 Å². The Bertz CT molecular complexity index is 1780. The van der Waals surface area contributed by atoms with E-state index in [0.29, 0.717) is 27.7 Å². The number of aromatic nitrogens is 4. The zero-order valence-corrected chi connectivity index (χ0v) is 27.0. The number of rotatable bonds is 6.